The average molecular weight is 315 g/mol. The van der Waals surface area contributed by atoms with Gasteiger partial charge in [0.15, 0.2) is 0 Å². The summed E-state index contributed by atoms with van der Waals surface area (Å²) in [5.74, 6) is 0.902. The van der Waals surface area contributed by atoms with Crippen LogP contribution in [0, 0.1) is 6.92 Å². The Morgan fingerprint density at radius 3 is 2.88 bits per heavy atom. The molecule has 0 amide bonds. The zero-order valence-electron chi connectivity index (χ0n) is 8.95. The molecule has 6 heteroatoms. The van der Waals surface area contributed by atoms with Crippen molar-refractivity contribution in [3.05, 3.63) is 39.7 Å². The lowest BCUT2D eigenvalue weighted by molar-refractivity contribution is 0.464. The standard InChI is InChI=1S/C11H9BrClN3O/c1-6-4-7(2-3-8(6)12)17-10-9(14)5-15-11(13)16-10/h2-5H,14H2,1H3. The second kappa shape index (κ2) is 4.89. The van der Waals surface area contributed by atoms with Gasteiger partial charge >= 0.3 is 0 Å². The Kier molecular flexibility index (Phi) is 3.49. The lowest BCUT2D eigenvalue weighted by atomic mass is 10.2. The highest BCUT2D eigenvalue weighted by molar-refractivity contribution is 9.10. The van der Waals surface area contributed by atoms with Crippen molar-refractivity contribution in [2.24, 2.45) is 0 Å². The lowest BCUT2D eigenvalue weighted by Gasteiger charge is -2.08. The Bertz CT molecular complexity index is 562. The maximum atomic E-state index is 5.69. The van der Waals surface area contributed by atoms with Gasteiger partial charge < -0.3 is 10.5 Å². The van der Waals surface area contributed by atoms with E-state index in [1.807, 2.05) is 25.1 Å². The molecular formula is C11H9BrClN3O. The van der Waals surface area contributed by atoms with Crippen LogP contribution in [0.3, 0.4) is 0 Å². The first kappa shape index (κ1) is 12.1. The van der Waals surface area contributed by atoms with Gasteiger partial charge in [-0.1, -0.05) is 15.9 Å². The second-order valence-electron chi connectivity index (χ2n) is 3.41. The van der Waals surface area contributed by atoms with E-state index in [2.05, 4.69) is 25.9 Å². The second-order valence-corrected chi connectivity index (χ2v) is 4.60. The van der Waals surface area contributed by atoms with E-state index in [0.717, 1.165) is 10.0 Å². The summed E-state index contributed by atoms with van der Waals surface area (Å²) in [6, 6.07) is 5.58. The molecule has 1 aromatic carbocycles. The van der Waals surface area contributed by atoms with Gasteiger partial charge in [0.25, 0.3) is 0 Å². The van der Waals surface area contributed by atoms with Crippen molar-refractivity contribution in [1.82, 2.24) is 9.97 Å². The van der Waals surface area contributed by atoms with Crippen LogP contribution in [0.1, 0.15) is 5.56 Å². The Balaban J connectivity index is 2.31. The molecule has 4 nitrogen and oxygen atoms in total. The maximum Gasteiger partial charge on any atom is 0.247 e. The van der Waals surface area contributed by atoms with Crippen LogP contribution in [0.5, 0.6) is 11.6 Å². The van der Waals surface area contributed by atoms with Crippen LogP contribution in [0.2, 0.25) is 5.28 Å². The van der Waals surface area contributed by atoms with Gasteiger partial charge in [0, 0.05) is 4.47 Å². The van der Waals surface area contributed by atoms with Crippen LogP contribution in [-0.4, -0.2) is 9.97 Å². The Morgan fingerprint density at radius 1 is 1.41 bits per heavy atom. The number of hydrogen-bond acceptors (Lipinski definition) is 4. The van der Waals surface area contributed by atoms with Gasteiger partial charge in [0.1, 0.15) is 11.4 Å². The summed E-state index contributed by atoms with van der Waals surface area (Å²) in [4.78, 5) is 7.67. The van der Waals surface area contributed by atoms with Crippen molar-refractivity contribution < 1.29 is 4.74 Å². The molecule has 2 rings (SSSR count). The number of ether oxygens (including phenoxy) is 1. The van der Waals surface area contributed by atoms with Crippen molar-refractivity contribution in [2.75, 3.05) is 5.73 Å². The highest BCUT2D eigenvalue weighted by Gasteiger charge is 2.06. The SMILES string of the molecule is Cc1cc(Oc2nc(Cl)ncc2N)ccc1Br. The summed E-state index contributed by atoms with van der Waals surface area (Å²) in [5.41, 5.74) is 7.09. The minimum atomic E-state index is 0.100. The molecule has 0 atom stereocenters. The third-order valence-corrected chi connectivity index (χ3v) is 3.17. The number of nitrogen functional groups attached to an aromatic ring is 1. The molecule has 88 valence electrons. The summed E-state index contributed by atoms with van der Waals surface area (Å²) >= 11 is 9.09. The Labute approximate surface area is 112 Å². The smallest absolute Gasteiger partial charge is 0.247 e. The van der Waals surface area contributed by atoms with E-state index in [-0.39, 0.29) is 11.2 Å². The molecule has 0 unspecified atom stereocenters. The first-order chi connectivity index (χ1) is 8.06. The highest BCUT2D eigenvalue weighted by atomic mass is 79.9. The fourth-order valence-corrected chi connectivity index (χ4v) is 1.60. The number of hydrogen-bond donors (Lipinski definition) is 1. The lowest BCUT2D eigenvalue weighted by Crippen LogP contribution is -1.97. The minimum absolute atomic E-state index is 0.100. The van der Waals surface area contributed by atoms with Gasteiger partial charge in [-0.3, -0.25) is 0 Å². The number of anilines is 1. The highest BCUT2D eigenvalue weighted by Crippen LogP contribution is 2.28. The molecular weight excluding hydrogens is 305 g/mol. The van der Waals surface area contributed by atoms with Gasteiger partial charge in [-0.2, -0.15) is 4.98 Å². The zero-order valence-corrected chi connectivity index (χ0v) is 11.3. The Hall–Kier alpha value is -1.33. The summed E-state index contributed by atoms with van der Waals surface area (Å²) in [5, 5.41) is 0.100. The number of benzene rings is 1. The summed E-state index contributed by atoms with van der Waals surface area (Å²) in [7, 11) is 0. The molecule has 0 bridgehead atoms. The van der Waals surface area contributed by atoms with Gasteiger partial charge in [-0.05, 0) is 42.3 Å². The van der Waals surface area contributed by atoms with E-state index in [0.29, 0.717) is 11.4 Å². The van der Waals surface area contributed by atoms with E-state index in [1.54, 1.807) is 0 Å². The van der Waals surface area contributed by atoms with Crippen LogP contribution in [-0.2, 0) is 0 Å². The van der Waals surface area contributed by atoms with Crippen molar-refractivity contribution >= 4 is 33.2 Å². The van der Waals surface area contributed by atoms with Crippen molar-refractivity contribution in [2.45, 2.75) is 6.92 Å². The van der Waals surface area contributed by atoms with Crippen molar-refractivity contribution in [3.63, 3.8) is 0 Å². The molecule has 0 radical (unpaired) electrons. The molecule has 0 fully saturated rings. The molecule has 17 heavy (non-hydrogen) atoms. The minimum Gasteiger partial charge on any atom is -0.437 e. The molecule has 1 aromatic heterocycles. The number of aryl methyl sites for hydroxylation is 1. The molecule has 2 aromatic rings. The van der Waals surface area contributed by atoms with Gasteiger partial charge in [0.05, 0.1) is 6.20 Å². The fraction of sp³-hybridized carbons (Fsp3) is 0.0909. The summed E-state index contributed by atoms with van der Waals surface area (Å²) in [6.45, 7) is 1.97. The third kappa shape index (κ3) is 2.87. The molecule has 0 aliphatic carbocycles. The quantitative estimate of drug-likeness (QED) is 0.861. The first-order valence-corrected chi connectivity index (χ1v) is 5.95. The molecule has 0 aliphatic rings. The van der Waals surface area contributed by atoms with E-state index in [4.69, 9.17) is 22.1 Å². The van der Waals surface area contributed by atoms with Crippen LogP contribution < -0.4 is 10.5 Å². The van der Waals surface area contributed by atoms with Gasteiger partial charge in [-0.25, -0.2) is 4.98 Å². The molecule has 1 heterocycles. The predicted octanol–water partition coefficient (Wildman–Crippen LogP) is 3.58. The van der Waals surface area contributed by atoms with Crippen LogP contribution in [0.25, 0.3) is 0 Å². The maximum absolute atomic E-state index is 5.69. The van der Waals surface area contributed by atoms with E-state index >= 15 is 0 Å². The summed E-state index contributed by atoms with van der Waals surface area (Å²) < 4.78 is 6.56. The Morgan fingerprint density at radius 2 is 2.18 bits per heavy atom. The molecule has 0 saturated heterocycles. The molecule has 0 spiro atoms. The van der Waals surface area contributed by atoms with Crippen molar-refractivity contribution in [3.8, 4) is 11.6 Å². The third-order valence-electron chi connectivity index (χ3n) is 2.09. The number of nitrogens with zero attached hydrogens (tertiary/aromatic N) is 2. The largest absolute Gasteiger partial charge is 0.437 e. The summed E-state index contributed by atoms with van der Waals surface area (Å²) in [6.07, 6.45) is 1.41. The van der Waals surface area contributed by atoms with Crippen LogP contribution in [0.4, 0.5) is 5.69 Å². The van der Waals surface area contributed by atoms with Gasteiger partial charge in [0.2, 0.25) is 11.2 Å². The molecule has 0 saturated carbocycles. The predicted molar refractivity (Wildman–Crippen MR) is 70.4 cm³/mol. The average Bonchev–Trinajstić information content (AvgIpc) is 2.29. The number of nitrogens with two attached hydrogens (primary N) is 1. The van der Waals surface area contributed by atoms with Crippen LogP contribution >= 0.6 is 27.5 Å². The first-order valence-electron chi connectivity index (χ1n) is 4.78. The van der Waals surface area contributed by atoms with Crippen LogP contribution in [0.15, 0.2) is 28.9 Å². The zero-order chi connectivity index (χ0) is 12.4. The number of halogens is 2. The van der Waals surface area contributed by atoms with Crippen molar-refractivity contribution in [1.29, 1.82) is 0 Å². The monoisotopic (exact) mass is 313 g/mol. The topological polar surface area (TPSA) is 61.0 Å². The van der Waals surface area contributed by atoms with E-state index < -0.39 is 0 Å². The van der Waals surface area contributed by atoms with E-state index in [9.17, 15) is 0 Å². The van der Waals surface area contributed by atoms with Gasteiger partial charge in [-0.15, -0.1) is 0 Å². The number of rotatable bonds is 2. The fourth-order valence-electron chi connectivity index (χ4n) is 1.23. The number of aromatic nitrogens is 2. The normalized spacial score (nSPS) is 10.3. The molecule has 0 aliphatic heterocycles. The molecule has 2 N–H and O–H groups in total. The van der Waals surface area contributed by atoms with E-state index in [1.165, 1.54) is 6.20 Å².